The van der Waals surface area contributed by atoms with E-state index in [1.165, 1.54) is 0 Å². The van der Waals surface area contributed by atoms with Gasteiger partial charge in [-0.2, -0.15) is 0 Å². The van der Waals surface area contributed by atoms with Gasteiger partial charge in [0.15, 0.2) is 6.10 Å². The third-order valence-corrected chi connectivity index (χ3v) is 3.68. The first-order chi connectivity index (χ1) is 10.5. The number of ether oxygens (including phenoxy) is 1. The lowest BCUT2D eigenvalue weighted by Crippen LogP contribution is -2.32. The lowest BCUT2D eigenvalue weighted by atomic mass is 10.1. The predicted molar refractivity (Wildman–Crippen MR) is 90.4 cm³/mol. The van der Waals surface area contributed by atoms with Crippen LogP contribution in [0.15, 0.2) is 42.5 Å². The van der Waals surface area contributed by atoms with Crippen molar-refractivity contribution in [2.45, 2.75) is 40.2 Å². The van der Waals surface area contributed by atoms with Crippen LogP contribution in [-0.2, 0) is 4.79 Å². The van der Waals surface area contributed by atoms with Crippen molar-refractivity contribution in [1.29, 1.82) is 0 Å². The van der Waals surface area contributed by atoms with E-state index in [9.17, 15) is 4.79 Å². The van der Waals surface area contributed by atoms with Gasteiger partial charge in [0.05, 0.1) is 0 Å². The molecule has 3 heteroatoms. The molecule has 0 saturated heterocycles. The Balaban J connectivity index is 2.12. The highest BCUT2D eigenvalue weighted by molar-refractivity contribution is 5.95. The van der Waals surface area contributed by atoms with E-state index in [1.54, 1.807) is 0 Å². The van der Waals surface area contributed by atoms with Crippen LogP contribution in [0.5, 0.6) is 5.75 Å². The molecule has 0 aromatic heterocycles. The van der Waals surface area contributed by atoms with Crippen molar-refractivity contribution in [2.24, 2.45) is 0 Å². The Hall–Kier alpha value is -2.29. The molecular formula is C19H23NO2. The molecule has 0 fully saturated rings. The normalized spacial score (nSPS) is 11.8. The van der Waals surface area contributed by atoms with E-state index in [4.69, 9.17) is 4.74 Å². The van der Waals surface area contributed by atoms with Crippen molar-refractivity contribution >= 4 is 11.6 Å². The van der Waals surface area contributed by atoms with E-state index >= 15 is 0 Å². The van der Waals surface area contributed by atoms with Gasteiger partial charge >= 0.3 is 0 Å². The molecule has 1 N–H and O–H groups in total. The average Bonchev–Trinajstić information content (AvgIpc) is 2.50. The van der Waals surface area contributed by atoms with Crippen LogP contribution < -0.4 is 10.1 Å². The first kappa shape index (κ1) is 16.1. The first-order valence-electron chi connectivity index (χ1n) is 7.61. The Morgan fingerprint density at radius 1 is 1.09 bits per heavy atom. The zero-order chi connectivity index (χ0) is 16.1. The molecule has 0 saturated carbocycles. The molecule has 22 heavy (non-hydrogen) atoms. The van der Waals surface area contributed by atoms with Crippen LogP contribution >= 0.6 is 0 Å². The molecule has 0 aliphatic heterocycles. The maximum absolute atomic E-state index is 12.5. The number of rotatable bonds is 5. The topological polar surface area (TPSA) is 38.3 Å². The van der Waals surface area contributed by atoms with Gasteiger partial charge in [0, 0.05) is 5.69 Å². The van der Waals surface area contributed by atoms with E-state index in [0.29, 0.717) is 6.42 Å². The number of anilines is 1. The Morgan fingerprint density at radius 3 is 2.50 bits per heavy atom. The van der Waals surface area contributed by atoms with Crippen LogP contribution in [0.3, 0.4) is 0 Å². The number of amides is 1. The number of para-hydroxylation sites is 1. The van der Waals surface area contributed by atoms with Gasteiger partial charge in [0.1, 0.15) is 5.75 Å². The van der Waals surface area contributed by atoms with E-state index < -0.39 is 6.10 Å². The molecule has 0 heterocycles. The maximum Gasteiger partial charge on any atom is 0.265 e. The summed E-state index contributed by atoms with van der Waals surface area (Å²) in [5.41, 5.74) is 4.04. The molecule has 2 rings (SSSR count). The molecule has 1 amide bonds. The van der Waals surface area contributed by atoms with E-state index in [0.717, 1.165) is 28.1 Å². The number of aryl methyl sites for hydroxylation is 3. The second-order valence-corrected chi connectivity index (χ2v) is 5.59. The zero-order valence-electron chi connectivity index (χ0n) is 13.6. The minimum atomic E-state index is -0.499. The van der Waals surface area contributed by atoms with Gasteiger partial charge in [-0.15, -0.1) is 0 Å². The summed E-state index contributed by atoms with van der Waals surface area (Å²) in [4.78, 5) is 12.5. The van der Waals surface area contributed by atoms with Gasteiger partial charge in [-0.25, -0.2) is 0 Å². The average molecular weight is 297 g/mol. The van der Waals surface area contributed by atoms with Crippen molar-refractivity contribution in [2.75, 3.05) is 5.32 Å². The number of hydrogen-bond donors (Lipinski definition) is 1. The predicted octanol–water partition coefficient (Wildman–Crippen LogP) is 4.41. The van der Waals surface area contributed by atoms with Gasteiger partial charge in [0.2, 0.25) is 0 Å². The summed E-state index contributed by atoms with van der Waals surface area (Å²) in [6.07, 6.45) is 0.117. The summed E-state index contributed by atoms with van der Waals surface area (Å²) < 4.78 is 5.89. The van der Waals surface area contributed by atoms with Crippen molar-refractivity contribution in [3.05, 3.63) is 59.2 Å². The van der Waals surface area contributed by atoms with E-state index in [-0.39, 0.29) is 5.91 Å². The van der Waals surface area contributed by atoms with Gasteiger partial charge in [0.25, 0.3) is 5.91 Å². The number of hydrogen-bond acceptors (Lipinski definition) is 2. The SMILES string of the molecule is CC[C@@H](Oc1ccccc1C)C(=O)Nc1cc(C)ccc1C. The standard InChI is InChI=1S/C19H23NO2/c1-5-17(22-18-9-7-6-8-15(18)4)19(21)20-16-12-13(2)10-11-14(16)3/h6-12,17H,5H2,1-4H3,(H,20,21)/t17-/m1/s1. The fraction of sp³-hybridized carbons (Fsp3) is 0.316. The molecule has 0 aliphatic carbocycles. The van der Waals surface area contributed by atoms with Crippen molar-refractivity contribution in [1.82, 2.24) is 0 Å². The molecule has 116 valence electrons. The zero-order valence-corrected chi connectivity index (χ0v) is 13.6. The Morgan fingerprint density at radius 2 is 1.82 bits per heavy atom. The second-order valence-electron chi connectivity index (χ2n) is 5.59. The second kappa shape index (κ2) is 7.12. The molecule has 0 bridgehead atoms. The van der Waals surface area contributed by atoms with Crippen molar-refractivity contribution in [3.8, 4) is 5.75 Å². The highest BCUT2D eigenvalue weighted by Gasteiger charge is 2.19. The van der Waals surface area contributed by atoms with E-state index in [2.05, 4.69) is 5.32 Å². The Kier molecular flexibility index (Phi) is 5.21. The summed E-state index contributed by atoms with van der Waals surface area (Å²) >= 11 is 0. The van der Waals surface area contributed by atoms with Crippen LogP contribution in [0.4, 0.5) is 5.69 Å². The molecule has 0 aliphatic rings. The lowest BCUT2D eigenvalue weighted by molar-refractivity contribution is -0.122. The third-order valence-electron chi connectivity index (χ3n) is 3.68. The molecule has 0 spiro atoms. The summed E-state index contributed by atoms with van der Waals surface area (Å²) in [5.74, 6) is 0.643. The fourth-order valence-electron chi connectivity index (χ4n) is 2.25. The third kappa shape index (κ3) is 3.88. The van der Waals surface area contributed by atoms with Gasteiger partial charge in [-0.1, -0.05) is 37.3 Å². The molecule has 2 aromatic carbocycles. The number of carbonyl (C=O) groups excluding carboxylic acids is 1. The number of nitrogens with one attached hydrogen (secondary N) is 1. The Bertz CT molecular complexity index is 664. The van der Waals surface area contributed by atoms with Crippen molar-refractivity contribution in [3.63, 3.8) is 0 Å². The molecule has 2 aromatic rings. The highest BCUT2D eigenvalue weighted by atomic mass is 16.5. The highest BCUT2D eigenvalue weighted by Crippen LogP contribution is 2.21. The van der Waals surface area contributed by atoms with Crippen LogP contribution in [0.2, 0.25) is 0 Å². The molecule has 0 radical (unpaired) electrons. The van der Waals surface area contributed by atoms with Crippen LogP contribution in [-0.4, -0.2) is 12.0 Å². The molecule has 1 atom stereocenters. The van der Waals surface area contributed by atoms with Crippen LogP contribution in [0.25, 0.3) is 0 Å². The minimum absolute atomic E-state index is 0.112. The Labute approximate surface area is 132 Å². The largest absolute Gasteiger partial charge is 0.480 e. The van der Waals surface area contributed by atoms with E-state index in [1.807, 2.05) is 70.2 Å². The monoisotopic (exact) mass is 297 g/mol. The summed E-state index contributed by atoms with van der Waals surface area (Å²) in [7, 11) is 0. The smallest absolute Gasteiger partial charge is 0.265 e. The number of carbonyl (C=O) groups is 1. The quantitative estimate of drug-likeness (QED) is 0.888. The maximum atomic E-state index is 12.5. The molecular weight excluding hydrogens is 274 g/mol. The van der Waals surface area contributed by atoms with Gasteiger partial charge in [-0.05, 0) is 56.0 Å². The van der Waals surface area contributed by atoms with Crippen LogP contribution in [0, 0.1) is 20.8 Å². The summed E-state index contributed by atoms with van der Waals surface area (Å²) in [6.45, 7) is 7.92. The minimum Gasteiger partial charge on any atom is -0.480 e. The van der Waals surface area contributed by atoms with Crippen LogP contribution in [0.1, 0.15) is 30.0 Å². The number of benzene rings is 2. The summed E-state index contributed by atoms with van der Waals surface area (Å²) in [6, 6.07) is 13.8. The van der Waals surface area contributed by atoms with Gasteiger partial charge < -0.3 is 10.1 Å². The molecule has 0 unspecified atom stereocenters. The first-order valence-corrected chi connectivity index (χ1v) is 7.61. The summed E-state index contributed by atoms with van der Waals surface area (Å²) in [5, 5.41) is 2.98. The fourth-order valence-corrected chi connectivity index (χ4v) is 2.25. The van der Waals surface area contributed by atoms with Gasteiger partial charge in [-0.3, -0.25) is 4.79 Å². The molecule has 3 nitrogen and oxygen atoms in total. The lowest BCUT2D eigenvalue weighted by Gasteiger charge is -2.19. The van der Waals surface area contributed by atoms with Crippen molar-refractivity contribution < 1.29 is 9.53 Å².